The first-order valence-electron chi connectivity index (χ1n) is 8.57. The average molecular weight is 320 g/mol. The lowest BCUT2D eigenvalue weighted by Crippen LogP contribution is -2.38. The number of hydrogen-bond donors (Lipinski definition) is 1. The van der Waals surface area contributed by atoms with Gasteiger partial charge in [0, 0.05) is 42.9 Å². The molecule has 2 aromatic heterocycles. The third kappa shape index (κ3) is 2.04. The van der Waals surface area contributed by atoms with Crippen LogP contribution >= 0.6 is 0 Å². The maximum atomic E-state index is 9.73. The maximum absolute atomic E-state index is 9.73. The van der Waals surface area contributed by atoms with E-state index in [-0.39, 0.29) is 0 Å². The normalized spacial score (nSPS) is 22.9. The van der Waals surface area contributed by atoms with Crippen LogP contribution in [0.5, 0.6) is 5.75 Å². The lowest BCUT2D eigenvalue weighted by Gasteiger charge is -2.36. The van der Waals surface area contributed by atoms with Crippen molar-refractivity contribution in [1.29, 1.82) is 0 Å². The van der Waals surface area contributed by atoms with Crippen molar-refractivity contribution in [2.24, 2.45) is 0 Å². The molecule has 2 bridgehead atoms. The van der Waals surface area contributed by atoms with Crippen molar-refractivity contribution in [3.05, 3.63) is 59.0 Å². The second-order valence-corrected chi connectivity index (χ2v) is 7.01. The molecule has 0 saturated carbocycles. The van der Waals surface area contributed by atoms with Gasteiger partial charge in [0.15, 0.2) is 5.65 Å². The fourth-order valence-corrected chi connectivity index (χ4v) is 4.41. The summed E-state index contributed by atoms with van der Waals surface area (Å²) in [4.78, 5) is 7.19. The van der Waals surface area contributed by atoms with Crippen LogP contribution in [0.25, 0.3) is 5.65 Å². The Bertz CT molecular complexity index is 932. The monoisotopic (exact) mass is 320 g/mol. The molecular weight excluding hydrogens is 300 g/mol. The number of phenols is 1. The quantitative estimate of drug-likeness (QED) is 0.788. The Labute approximate surface area is 140 Å². The number of benzene rings is 1. The molecule has 1 aromatic carbocycles. The Morgan fingerprint density at radius 3 is 3.04 bits per heavy atom. The summed E-state index contributed by atoms with van der Waals surface area (Å²) >= 11 is 0. The van der Waals surface area contributed by atoms with Crippen LogP contribution in [0.1, 0.15) is 41.4 Å². The van der Waals surface area contributed by atoms with E-state index in [1.807, 2.05) is 35.8 Å². The smallest absolute Gasteiger partial charge is 0.155 e. The number of nitrogens with zero attached hydrogens (tertiary/aromatic N) is 4. The Kier molecular flexibility index (Phi) is 2.94. The van der Waals surface area contributed by atoms with Crippen LogP contribution in [0.2, 0.25) is 0 Å². The summed E-state index contributed by atoms with van der Waals surface area (Å²) in [6, 6.07) is 10.6. The number of hydrogen-bond acceptors (Lipinski definition) is 4. The van der Waals surface area contributed by atoms with Gasteiger partial charge in [-0.15, -0.1) is 0 Å². The molecule has 1 saturated heterocycles. The molecule has 5 rings (SSSR count). The van der Waals surface area contributed by atoms with E-state index in [4.69, 9.17) is 0 Å². The van der Waals surface area contributed by atoms with E-state index in [2.05, 4.69) is 21.0 Å². The molecule has 0 aliphatic carbocycles. The fourth-order valence-electron chi connectivity index (χ4n) is 4.41. The number of aromatic hydroxyl groups is 1. The summed E-state index contributed by atoms with van der Waals surface area (Å²) in [7, 11) is 0. The summed E-state index contributed by atoms with van der Waals surface area (Å²) in [5.74, 6) is 0.340. The number of phenolic OH excluding ortho intramolecular Hbond substituents is 1. The molecule has 0 radical (unpaired) electrons. The molecule has 5 heteroatoms. The van der Waals surface area contributed by atoms with Crippen molar-refractivity contribution in [2.45, 2.75) is 44.8 Å². The average Bonchev–Trinajstić information content (AvgIpc) is 3.06. The molecule has 0 amide bonds. The lowest BCUT2D eigenvalue weighted by molar-refractivity contribution is 0.165. The van der Waals surface area contributed by atoms with Crippen LogP contribution in [0.15, 0.2) is 36.5 Å². The molecule has 1 N–H and O–H groups in total. The molecule has 24 heavy (non-hydrogen) atoms. The summed E-state index contributed by atoms with van der Waals surface area (Å²) in [5.41, 5.74) is 5.78. The first-order chi connectivity index (χ1) is 11.7. The number of aromatic nitrogens is 3. The topological polar surface area (TPSA) is 53.7 Å². The number of rotatable bonds is 2. The highest BCUT2D eigenvalue weighted by Gasteiger charge is 2.41. The van der Waals surface area contributed by atoms with Gasteiger partial charge in [0.25, 0.3) is 0 Å². The van der Waals surface area contributed by atoms with E-state index in [1.54, 1.807) is 6.07 Å². The van der Waals surface area contributed by atoms with Crippen LogP contribution in [0.3, 0.4) is 0 Å². The Morgan fingerprint density at radius 1 is 1.25 bits per heavy atom. The molecule has 5 nitrogen and oxygen atoms in total. The van der Waals surface area contributed by atoms with Crippen molar-refractivity contribution < 1.29 is 5.11 Å². The molecule has 3 aromatic rings. The predicted molar refractivity (Wildman–Crippen MR) is 90.8 cm³/mol. The summed E-state index contributed by atoms with van der Waals surface area (Å²) in [6.07, 6.45) is 5.45. The zero-order valence-corrected chi connectivity index (χ0v) is 13.7. The minimum Gasteiger partial charge on any atom is -0.508 e. The Hall–Kier alpha value is -2.40. The van der Waals surface area contributed by atoms with Crippen LogP contribution in [0, 0.1) is 6.92 Å². The van der Waals surface area contributed by atoms with Crippen LogP contribution < -0.4 is 0 Å². The van der Waals surface area contributed by atoms with Crippen LogP contribution in [-0.4, -0.2) is 30.6 Å². The maximum Gasteiger partial charge on any atom is 0.155 e. The fraction of sp³-hybridized carbons (Fsp3) is 0.368. The van der Waals surface area contributed by atoms with Crippen LogP contribution in [-0.2, 0) is 13.0 Å². The highest BCUT2D eigenvalue weighted by Crippen LogP contribution is 2.44. The Balaban J connectivity index is 1.54. The lowest BCUT2D eigenvalue weighted by atomic mass is 9.98. The second kappa shape index (κ2) is 5.05. The van der Waals surface area contributed by atoms with Gasteiger partial charge >= 0.3 is 0 Å². The molecule has 1 fully saturated rings. The van der Waals surface area contributed by atoms with Gasteiger partial charge in [-0.25, -0.2) is 9.50 Å². The molecule has 2 aliphatic rings. The van der Waals surface area contributed by atoms with Crippen molar-refractivity contribution in [2.75, 3.05) is 0 Å². The highest BCUT2D eigenvalue weighted by atomic mass is 16.3. The minimum absolute atomic E-state index is 0.340. The van der Waals surface area contributed by atoms with Gasteiger partial charge in [-0.3, -0.25) is 4.90 Å². The van der Waals surface area contributed by atoms with Crippen molar-refractivity contribution in [1.82, 2.24) is 19.5 Å². The van der Waals surface area contributed by atoms with Crippen molar-refractivity contribution in [3.8, 4) is 5.75 Å². The van der Waals surface area contributed by atoms with E-state index in [0.717, 1.165) is 24.3 Å². The Morgan fingerprint density at radius 2 is 2.17 bits per heavy atom. The highest BCUT2D eigenvalue weighted by molar-refractivity contribution is 5.44. The largest absolute Gasteiger partial charge is 0.508 e. The zero-order valence-electron chi connectivity index (χ0n) is 13.7. The van der Waals surface area contributed by atoms with Gasteiger partial charge < -0.3 is 5.11 Å². The van der Waals surface area contributed by atoms with Gasteiger partial charge in [-0.2, -0.15) is 5.10 Å². The van der Waals surface area contributed by atoms with Crippen LogP contribution in [0.4, 0.5) is 0 Å². The van der Waals surface area contributed by atoms with E-state index in [1.165, 1.54) is 29.7 Å². The number of aryl methyl sites for hydroxylation is 1. The summed E-state index contributed by atoms with van der Waals surface area (Å²) < 4.78 is 2.04. The van der Waals surface area contributed by atoms with E-state index in [0.29, 0.717) is 17.8 Å². The van der Waals surface area contributed by atoms with Gasteiger partial charge in [-0.1, -0.05) is 12.1 Å². The first-order valence-corrected chi connectivity index (χ1v) is 8.57. The van der Waals surface area contributed by atoms with E-state index >= 15 is 0 Å². The molecule has 122 valence electrons. The van der Waals surface area contributed by atoms with Crippen molar-refractivity contribution >= 4 is 5.65 Å². The summed E-state index contributed by atoms with van der Waals surface area (Å²) in [6.45, 7) is 2.89. The molecular formula is C19H20N4O. The molecule has 0 unspecified atom stereocenters. The van der Waals surface area contributed by atoms with Gasteiger partial charge in [0.05, 0.1) is 11.4 Å². The second-order valence-electron chi connectivity index (χ2n) is 7.01. The standard InChI is InChI=1S/C19H20N4O/c1-12-7-19-20-10-16-17-6-5-14(9-18(16)23(19)21-12)22(17)11-13-3-2-4-15(24)8-13/h2-4,7-8,10,14,17,24H,5-6,9,11H2,1H3/t14-,17-/m0/s1. The molecule has 2 atom stereocenters. The zero-order chi connectivity index (χ0) is 16.3. The minimum atomic E-state index is 0.340. The van der Waals surface area contributed by atoms with E-state index < -0.39 is 0 Å². The molecule has 2 aliphatic heterocycles. The SMILES string of the molecule is Cc1cc2ncc3c(n2n1)C[C@@H]1CC[C@@H]3N1Cc1cccc(O)c1. The molecule has 4 heterocycles. The third-order valence-corrected chi connectivity index (χ3v) is 5.44. The van der Waals surface area contributed by atoms with Crippen molar-refractivity contribution in [3.63, 3.8) is 0 Å². The van der Waals surface area contributed by atoms with Gasteiger partial charge in [0.2, 0.25) is 0 Å². The molecule has 0 spiro atoms. The van der Waals surface area contributed by atoms with Gasteiger partial charge in [-0.05, 0) is 37.5 Å². The van der Waals surface area contributed by atoms with E-state index in [9.17, 15) is 5.11 Å². The third-order valence-electron chi connectivity index (χ3n) is 5.44. The number of fused-ring (bicyclic) bond motifs is 6. The van der Waals surface area contributed by atoms with Gasteiger partial charge in [0.1, 0.15) is 5.75 Å². The predicted octanol–water partition coefficient (Wildman–Crippen LogP) is 3.01. The first kappa shape index (κ1) is 14.0. The summed E-state index contributed by atoms with van der Waals surface area (Å²) in [5, 5.41) is 14.4.